The van der Waals surface area contributed by atoms with Crippen LogP contribution in [0.25, 0.3) is 0 Å². The normalized spacial score (nSPS) is 32.9. The van der Waals surface area contributed by atoms with Gasteiger partial charge in [-0.1, -0.05) is 27.3 Å². The van der Waals surface area contributed by atoms with E-state index in [1.807, 2.05) is 0 Å². The topological polar surface area (TPSA) is 54.1 Å². The van der Waals surface area contributed by atoms with Gasteiger partial charge in [0.25, 0.3) is 0 Å². The van der Waals surface area contributed by atoms with Crippen LogP contribution in [0.2, 0.25) is 0 Å². The monoisotopic (exact) mass is 418 g/mol. The maximum absolute atomic E-state index is 6.33. The van der Waals surface area contributed by atoms with Gasteiger partial charge in [0.05, 0.1) is 5.69 Å². The summed E-state index contributed by atoms with van der Waals surface area (Å²) < 4.78 is 12.0. The summed E-state index contributed by atoms with van der Waals surface area (Å²) in [6.07, 6.45) is 0. The Morgan fingerprint density at radius 1 is 1.26 bits per heavy atom. The zero-order valence-corrected chi connectivity index (χ0v) is 15.3. The molecule has 3 unspecified atom stereocenters. The second-order valence-electron chi connectivity index (χ2n) is 3.15. The van der Waals surface area contributed by atoms with Crippen molar-refractivity contribution < 1.29 is 4.52 Å². The molecule has 0 bridgehead atoms. The van der Waals surface area contributed by atoms with E-state index >= 15 is 0 Å². The molecule has 0 radical (unpaired) electrons. The molecule has 0 saturated carbocycles. The molecule has 1 aromatic carbocycles. The molecular formula is C6H6Cl5N4OP3. The first kappa shape index (κ1) is 16.6. The van der Waals surface area contributed by atoms with E-state index in [4.69, 9.17) is 67.5 Å². The number of nitrogens with zero attached hydrogens (tertiary/aromatic N) is 3. The molecule has 0 spiro atoms. The summed E-state index contributed by atoms with van der Waals surface area (Å²) in [4.78, 5) is 0. The molecular weight excluding hydrogens is 414 g/mol. The van der Waals surface area contributed by atoms with Crippen molar-refractivity contribution in [2.24, 2.45) is 4.52 Å². The molecule has 0 saturated heterocycles. The first-order valence-electron chi connectivity index (χ1n) is 4.55. The SMILES string of the molecule is Nc1ccccc1OP1(Cl)=NP(Cl)N(Cl)P(Cl)N1Cl. The number of hydrogen-bond donors (Lipinski definition) is 1. The highest BCUT2D eigenvalue weighted by Gasteiger charge is 2.45. The Morgan fingerprint density at radius 3 is 2.53 bits per heavy atom. The van der Waals surface area contributed by atoms with Crippen LogP contribution in [0.15, 0.2) is 28.8 Å². The molecule has 0 aromatic heterocycles. The second-order valence-corrected chi connectivity index (χ2v) is 12.9. The highest BCUT2D eigenvalue weighted by atomic mass is 35.7. The van der Waals surface area contributed by atoms with Crippen LogP contribution in [0.3, 0.4) is 0 Å². The Labute approximate surface area is 137 Å². The fourth-order valence-electron chi connectivity index (χ4n) is 1.11. The molecule has 2 N–H and O–H groups in total. The summed E-state index contributed by atoms with van der Waals surface area (Å²) in [5, 5.41) is 0. The lowest BCUT2D eigenvalue weighted by Gasteiger charge is -2.36. The minimum atomic E-state index is -3.07. The first-order valence-corrected chi connectivity index (χ1v) is 12.0. The van der Waals surface area contributed by atoms with Crippen LogP contribution in [0.5, 0.6) is 5.75 Å². The van der Waals surface area contributed by atoms with Crippen molar-refractivity contribution >= 4 is 84.9 Å². The van der Waals surface area contributed by atoms with Gasteiger partial charge in [-0.05, 0) is 58.2 Å². The van der Waals surface area contributed by atoms with Gasteiger partial charge in [-0.15, -0.1) is 3.96 Å². The molecule has 0 aliphatic carbocycles. The Bertz CT molecular complexity index is 535. The lowest BCUT2D eigenvalue weighted by Crippen LogP contribution is -2.12. The second kappa shape index (κ2) is 6.58. The number of para-hydroxylation sites is 2. The Morgan fingerprint density at radius 2 is 1.89 bits per heavy atom. The smallest absolute Gasteiger partial charge is 0.322 e. The van der Waals surface area contributed by atoms with Crippen molar-refractivity contribution in [3.63, 3.8) is 0 Å². The van der Waals surface area contributed by atoms with E-state index in [9.17, 15) is 0 Å². The summed E-state index contributed by atoms with van der Waals surface area (Å²) in [7, 11) is -3.22. The number of benzene rings is 1. The maximum Gasteiger partial charge on any atom is 0.322 e. The minimum Gasteiger partial charge on any atom is -0.432 e. The van der Waals surface area contributed by atoms with Crippen LogP contribution in [-0.2, 0) is 0 Å². The van der Waals surface area contributed by atoms with Gasteiger partial charge >= 0.3 is 6.78 Å². The van der Waals surface area contributed by atoms with Crippen molar-refractivity contribution in [2.45, 2.75) is 0 Å². The standard InChI is InChI=1S/C6H6Cl5N4OP3/c7-14-17(9)13-19(11,15(8)18(14)10)16-6-4-2-1-3-5(6)12/h1-4H,12H2. The zero-order valence-electron chi connectivity index (χ0n) is 8.87. The summed E-state index contributed by atoms with van der Waals surface area (Å²) in [5.41, 5.74) is 6.19. The van der Waals surface area contributed by atoms with Crippen LogP contribution in [-0.4, -0.2) is 7.92 Å². The molecule has 19 heavy (non-hydrogen) atoms. The van der Waals surface area contributed by atoms with Crippen molar-refractivity contribution in [1.29, 1.82) is 0 Å². The highest BCUT2D eigenvalue weighted by Crippen LogP contribution is 2.83. The quantitative estimate of drug-likeness (QED) is 0.329. The Balaban J connectivity index is 2.37. The minimum absolute atomic E-state index is 0.364. The lowest BCUT2D eigenvalue weighted by molar-refractivity contribution is 0.600. The predicted molar refractivity (Wildman–Crippen MR) is 87.6 cm³/mol. The average Bonchev–Trinajstić information content (AvgIpc) is 2.37. The van der Waals surface area contributed by atoms with Crippen LogP contribution in [0.1, 0.15) is 0 Å². The molecule has 1 aromatic rings. The first-order chi connectivity index (χ1) is 8.85. The summed E-state index contributed by atoms with van der Waals surface area (Å²) in [6, 6.07) is 6.83. The molecule has 1 aliphatic rings. The summed E-state index contributed by atoms with van der Waals surface area (Å²) in [5.74, 6) is 0.364. The molecule has 13 heteroatoms. The number of halogens is 5. The molecule has 2 rings (SSSR count). The lowest BCUT2D eigenvalue weighted by atomic mass is 10.3. The van der Waals surface area contributed by atoms with E-state index in [0.29, 0.717) is 11.4 Å². The maximum atomic E-state index is 6.33. The van der Waals surface area contributed by atoms with Gasteiger partial charge < -0.3 is 10.3 Å². The van der Waals surface area contributed by atoms with Crippen molar-refractivity contribution in [1.82, 2.24) is 7.92 Å². The van der Waals surface area contributed by atoms with Crippen LogP contribution in [0, 0.1) is 0 Å². The Hall–Kier alpha value is 1.28. The third-order valence-electron chi connectivity index (χ3n) is 1.93. The van der Waals surface area contributed by atoms with E-state index in [1.165, 1.54) is 0 Å². The molecule has 1 heterocycles. The van der Waals surface area contributed by atoms with Gasteiger partial charge in [-0.2, -0.15) is 4.52 Å². The van der Waals surface area contributed by atoms with E-state index in [1.54, 1.807) is 24.3 Å². The van der Waals surface area contributed by atoms with Crippen LogP contribution in [0.4, 0.5) is 5.69 Å². The zero-order chi connectivity index (χ0) is 14.2. The number of nitrogen functional groups attached to an aromatic ring is 1. The molecule has 1 aliphatic heterocycles. The Kier molecular flexibility index (Phi) is 5.77. The average molecular weight is 420 g/mol. The number of nitrogens with two attached hydrogens (primary N) is 1. The van der Waals surface area contributed by atoms with Crippen molar-refractivity contribution in [2.75, 3.05) is 5.73 Å². The van der Waals surface area contributed by atoms with E-state index < -0.39 is 21.9 Å². The van der Waals surface area contributed by atoms with Crippen LogP contribution < -0.4 is 10.3 Å². The largest absolute Gasteiger partial charge is 0.432 e. The van der Waals surface area contributed by atoms with E-state index in [-0.39, 0.29) is 0 Å². The fraction of sp³-hybridized carbons (Fsp3) is 0. The number of anilines is 1. The van der Waals surface area contributed by atoms with Gasteiger partial charge in [0, 0.05) is 0 Å². The summed E-state index contributed by atoms with van der Waals surface area (Å²) >= 11 is 30.3. The third kappa shape index (κ3) is 3.55. The third-order valence-corrected chi connectivity index (χ3v) is 14.6. The van der Waals surface area contributed by atoms with E-state index in [0.717, 1.165) is 7.92 Å². The number of rotatable bonds is 2. The van der Waals surface area contributed by atoms with Gasteiger partial charge in [-0.25, -0.2) is 0 Å². The fourth-order valence-corrected chi connectivity index (χ4v) is 12.3. The van der Waals surface area contributed by atoms with Gasteiger partial charge in [0.1, 0.15) is 0 Å². The van der Waals surface area contributed by atoms with Gasteiger partial charge in [0.15, 0.2) is 13.3 Å². The van der Waals surface area contributed by atoms with Gasteiger partial charge in [0.2, 0.25) is 7.58 Å². The molecule has 0 fully saturated rings. The molecule has 106 valence electrons. The molecule has 0 amide bonds. The highest BCUT2D eigenvalue weighted by molar-refractivity contribution is 8.07. The summed E-state index contributed by atoms with van der Waals surface area (Å²) in [6.45, 7) is -3.07. The van der Waals surface area contributed by atoms with Crippen molar-refractivity contribution in [3.05, 3.63) is 24.3 Å². The van der Waals surface area contributed by atoms with Crippen LogP contribution >= 0.6 is 79.2 Å². The predicted octanol–water partition coefficient (Wildman–Crippen LogP) is 6.69. The van der Waals surface area contributed by atoms with Gasteiger partial charge in [-0.3, -0.25) is 0 Å². The van der Waals surface area contributed by atoms with E-state index in [2.05, 4.69) is 4.52 Å². The number of hydrogen-bond acceptors (Lipinski definition) is 5. The molecule has 3 atom stereocenters. The van der Waals surface area contributed by atoms with Crippen molar-refractivity contribution in [3.8, 4) is 5.75 Å². The molecule has 5 nitrogen and oxygen atoms in total.